The maximum atomic E-state index is 11.9. The van der Waals surface area contributed by atoms with Crippen LogP contribution in [0.1, 0.15) is 38.2 Å². The second-order valence-corrected chi connectivity index (χ2v) is 5.96. The molecule has 5 heteroatoms. The van der Waals surface area contributed by atoms with Crippen LogP contribution in [-0.4, -0.2) is 41.0 Å². The smallest absolute Gasteiger partial charge is 0.269 e. The molecule has 0 unspecified atom stereocenters. The molecule has 4 nitrogen and oxygen atoms in total. The lowest BCUT2D eigenvalue weighted by atomic mass is 10.2. The molecule has 1 amide bonds. The lowest BCUT2D eigenvalue weighted by molar-refractivity contribution is 0.0934. The average Bonchev–Trinajstić information content (AvgIpc) is 2.34. The Morgan fingerprint density at radius 2 is 1.95 bits per heavy atom. The summed E-state index contributed by atoms with van der Waals surface area (Å²) >= 11 is 3.30. The largest absolute Gasteiger partial charge is 0.349 e. The quantitative estimate of drug-likeness (QED) is 0.873. The van der Waals surface area contributed by atoms with Gasteiger partial charge in [0, 0.05) is 35.8 Å². The molecule has 106 valence electrons. The van der Waals surface area contributed by atoms with Gasteiger partial charge in [0.15, 0.2) is 0 Å². The number of nitrogens with zero attached hydrogens (tertiary/aromatic N) is 2. The first-order valence-corrected chi connectivity index (χ1v) is 7.36. The highest BCUT2D eigenvalue weighted by molar-refractivity contribution is 9.10. The van der Waals surface area contributed by atoms with Gasteiger partial charge in [-0.1, -0.05) is 0 Å². The predicted octanol–water partition coefficient (Wildman–Crippen LogP) is 2.69. The van der Waals surface area contributed by atoms with Crippen molar-refractivity contribution >= 4 is 21.8 Å². The van der Waals surface area contributed by atoms with Gasteiger partial charge in [0.1, 0.15) is 5.69 Å². The molecule has 0 aliphatic heterocycles. The number of rotatable bonds is 6. The highest BCUT2D eigenvalue weighted by Crippen LogP contribution is 2.07. The number of pyridine rings is 1. The van der Waals surface area contributed by atoms with Crippen molar-refractivity contribution in [2.75, 3.05) is 13.1 Å². The molecule has 19 heavy (non-hydrogen) atoms. The first-order chi connectivity index (χ1) is 8.91. The molecule has 1 N–H and O–H groups in total. The Morgan fingerprint density at radius 1 is 1.32 bits per heavy atom. The summed E-state index contributed by atoms with van der Waals surface area (Å²) < 4.78 is 0.870. The van der Waals surface area contributed by atoms with E-state index in [1.807, 2.05) is 6.07 Å². The van der Waals surface area contributed by atoms with Gasteiger partial charge in [-0.05, 0) is 55.8 Å². The van der Waals surface area contributed by atoms with Gasteiger partial charge < -0.3 is 5.32 Å². The molecule has 1 rings (SSSR count). The lowest BCUT2D eigenvalue weighted by Crippen LogP contribution is -2.42. The highest BCUT2D eigenvalue weighted by Gasteiger charge is 2.13. The van der Waals surface area contributed by atoms with Crippen molar-refractivity contribution in [3.8, 4) is 0 Å². The molecule has 0 aliphatic rings. The van der Waals surface area contributed by atoms with Gasteiger partial charge in [0.25, 0.3) is 5.91 Å². The Bertz CT molecular complexity index is 396. The predicted molar refractivity (Wildman–Crippen MR) is 81.2 cm³/mol. The van der Waals surface area contributed by atoms with Crippen LogP contribution in [0.3, 0.4) is 0 Å². The summed E-state index contributed by atoms with van der Waals surface area (Å²) in [5, 5.41) is 2.90. The summed E-state index contributed by atoms with van der Waals surface area (Å²) in [5.74, 6) is -0.125. The molecule has 1 aromatic heterocycles. The molecular formula is C14H22BrN3O. The number of hydrogen-bond donors (Lipinski definition) is 1. The van der Waals surface area contributed by atoms with Crippen molar-refractivity contribution in [1.29, 1.82) is 0 Å². The highest BCUT2D eigenvalue weighted by atomic mass is 79.9. The van der Waals surface area contributed by atoms with E-state index in [4.69, 9.17) is 0 Å². The van der Waals surface area contributed by atoms with Gasteiger partial charge in [-0.2, -0.15) is 0 Å². The summed E-state index contributed by atoms with van der Waals surface area (Å²) in [6.45, 7) is 10.1. The number of aromatic nitrogens is 1. The van der Waals surface area contributed by atoms with Crippen molar-refractivity contribution in [2.24, 2.45) is 0 Å². The fourth-order valence-corrected chi connectivity index (χ4v) is 2.25. The minimum absolute atomic E-state index is 0.125. The van der Waals surface area contributed by atoms with Gasteiger partial charge in [-0.3, -0.25) is 9.69 Å². The normalized spacial score (nSPS) is 11.4. The number of halogens is 1. The molecule has 0 fully saturated rings. The van der Waals surface area contributed by atoms with Gasteiger partial charge in [0.05, 0.1) is 0 Å². The van der Waals surface area contributed by atoms with Gasteiger partial charge >= 0.3 is 0 Å². The molecule has 1 heterocycles. The van der Waals surface area contributed by atoms with Gasteiger partial charge in [-0.25, -0.2) is 4.98 Å². The first-order valence-electron chi connectivity index (χ1n) is 6.57. The zero-order valence-electron chi connectivity index (χ0n) is 12.0. The lowest BCUT2D eigenvalue weighted by Gasteiger charge is -2.30. The summed E-state index contributed by atoms with van der Waals surface area (Å²) in [4.78, 5) is 18.3. The third kappa shape index (κ3) is 5.28. The Kier molecular flexibility index (Phi) is 6.45. The molecular weight excluding hydrogens is 306 g/mol. The van der Waals surface area contributed by atoms with E-state index in [9.17, 15) is 4.79 Å². The zero-order valence-corrected chi connectivity index (χ0v) is 13.6. The SMILES string of the molecule is CC(C)N(CCNC(=O)c1ccc(Br)cn1)C(C)C. The van der Waals surface area contributed by atoms with E-state index in [-0.39, 0.29) is 5.91 Å². The van der Waals surface area contributed by atoms with Gasteiger partial charge in [-0.15, -0.1) is 0 Å². The third-order valence-corrected chi connectivity index (χ3v) is 3.41. The molecule has 0 aliphatic carbocycles. The van der Waals surface area contributed by atoms with Crippen LogP contribution in [0.2, 0.25) is 0 Å². The molecule has 0 radical (unpaired) electrons. The van der Waals surface area contributed by atoms with E-state index in [0.717, 1.165) is 11.0 Å². The summed E-state index contributed by atoms with van der Waals surface area (Å²) in [6, 6.07) is 4.48. The second-order valence-electron chi connectivity index (χ2n) is 5.04. The number of carbonyl (C=O) groups excluding carboxylic acids is 1. The zero-order chi connectivity index (χ0) is 14.4. The van der Waals surface area contributed by atoms with Crippen molar-refractivity contribution in [3.63, 3.8) is 0 Å². The minimum Gasteiger partial charge on any atom is -0.349 e. The van der Waals surface area contributed by atoms with Crippen molar-refractivity contribution in [1.82, 2.24) is 15.2 Å². The van der Waals surface area contributed by atoms with E-state index >= 15 is 0 Å². The second kappa shape index (κ2) is 7.60. The van der Waals surface area contributed by atoms with Crippen LogP contribution in [0.15, 0.2) is 22.8 Å². The van der Waals surface area contributed by atoms with Crippen LogP contribution in [0.4, 0.5) is 0 Å². The Morgan fingerprint density at radius 3 is 2.42 bits per heavy atom. The van der Waals surface area contributed by atoms with E-state index in [1.165, 1.54) is 0 Å². The number of carbonyl (C=O) groups is 1. The van der Waals surface area contributed by atoms with E-state index in [0.29, 0.717) is 24.3 Å². The summed E-state index contributed by atoms with van der Waals surface area (Å²) in [6.07, 6.45) is 1.63. The molecule has 0 aromatic carbocycles. The Labute approximate surface area is 123 Å². The van der Waals surface area contributed by atoms with Crippen LogP contribution in [0.25, 0.3) is 0 Å². The van der Waals surface area contributed by atoms with Crippen LogP contribution in [-0.2, 0) is 0 Å². The average molecular weight is 328 g/mol. The van der Waals surface area contributed by atoms with Crippen molar-refractivity contribution in [3.05, 3.63) is 28.5 Å². The van der Waals surface area contributed by atoms with Crippen LogP contribution in [0.5, 0.6) is 0 Å². The number of hydrogen-bond acceptors (Lipinski definition) is 3. The standard InChI is InChI=1S/C14H22BrN3O/c1-10(2)18(11(3)4)8-7-16-14(19)13-6-5-12(15)9-17-13/h5-6,9-11H,7-8H2,1-4H3,(H,16,19). The molecule has 0 saturated heterocycles. The maximum absolute atomic E-state index is 11.9. The van der Waals surface area contributed by atoms with E-state index in [1.54, 1.807) is 12.3 Å². The van der Waals surface area contributed by atoms with Crippen LogP contribution >= 0.6 is 15.9 Å². The van der Waals surface area contributed by atoms with Crippen LogP contribution < -0.4 is 5.32 Å². The molecule has 1 aromatic rings. The number of amides is 1. The summed E-state index contributed by atoms with van der Waals surface area (Å²) in [7, 11) is 0. The third-order valence-electron chi connectivity index (χ3n) is 2.94. The molecule has 0 atom stereocenters. The van der Waals surface area contributed by atoms with Crippen LogP contribution in [0, 0.1) is 0 Å². The van der Waals surface area contributed by atoms with Crippen molar-refractivity contribution < 1.29 is 4.79 Å². The topological polar surface area (TPSA) is 45.2 Å². The minimum atomic E-state index is -0.125. The number of nitrogens with one attached hydrogen (secondary N) is 1. The van der Waals surface area contributed by atoms with Crippen molar-refractivity contribution in [2.45, 2.75) is 39.8 Å². The Hall–Kier alpha value is -0.940. The fourth-order valence-electron chi connectivity index (χ4n) is 2.01. The molecule has 0 saturated carbocycles. The molecule has 0 bridgehead atoms. The monoisotopic (exact) mass is 327 g/mol. The van der Waals surface area contributed by atoms with Gasteiger partial charge in [0.2, 0.25) is 0 Å². The maximum Gasteiger partial charge on any atom is 0.269 e. The molecule has 0 spiro atoms. The summed E-state index contributed by atoms with van der Waals surface area (Å²) in [5.41, 5.74) is 0.448. The fraction of sp³-hybridized carbons (Fsp3) is 0.571. The van der Waals surface area contributed by atoms with E-state index in [2.05, 4.69) is 58.8 Å². The Balaban J connectivity index is 2.44. The van der Waals surface area contributed by atoms with E-state index < -0.39 is 0 Å². The first kappa shape index (κ1) is 16.1.